The summed E-state index contributed by atoms with van der Waals surface area (Å²) >= 11 is 15.1. The molecule has 1 nitrogen and oxygen atoms in total. The molecule has 0 aliphatic heterocycles. The van der Waals surface area contributed by atoms with Crippen molar-refractivity contribution in [1.29, 1.82) is 0 Å². The van der Waals surface area contributed by atoms with E-state index in [1.54, 1.807) is 0 Å². The molecule has 0 aromatic rings. The number of carbonyl (C=O) groups is 1. The average molecular weight is 1040 g/mol. The van der Waals surface area contributed by atoms with Crippen LogP contribution < -0.4 is 0 Å². The molecule has 26 heavy (non-hydrogen) atoms. The largest absolute Gasteiger partial charge is 0.299 e. The molecular weight excluding hydrogens is 1010 g/mol. The molecule has 0 spiro atoms. The first-order valence-corrected chi connectivity index (χ1v) is 16.1. The highest BCUT2D eigenvalue weighted by atomic mass is 127. The van der Waals surface area contributed by atoms with Crippen molar-refractivity contribution >= 4 is 141 Å². The zero-order chi connectivity index (χ0) is 20.2. The lowest BCUT2D eigenvalue weighted by Gasteiger charge is -2.25. The molecule has 0 N–H and O–H groups in total. The topological polar surface area (TPSA) is 17.1 Å². The fourth-order valence-corrected chi connectivity index (χ4v) is 5.02. The molecular formula is C19H32I6O. The second kappa shape index (κ2) is 16.7. The Hall–Kier alpha value is 4.05. The van der Waals surface area contributed by atoms with Gasteiger partial charge in [-0.25, -0.2) is 0 Å². The third-order valence-electron chi connectivity index (χ3n) is 4.67. The summed E-state index contributed by atoms with van der Waals surface area (Å²) in [5.74, 6) is 1.14. The van der Waals surface area contributed by atoms with E-state index in [-0.39, 0.29) is 10.7 Å². The molecule has 0 aliphatic rings. The Bertz CT molecular complexity index is 341. The maximum absolute atomic E-state index is 13.5. The smallest absolute Gasteiger partial charge is 0.139 e. The van der Waals surface area contributed by atoms with Crippen LogP contribution in [0.5, 0.6) is 0 Å². The highest BCUT2D eigenvalue weighted by molar-refractivity contribution is 14.3. The lowest BCUT2D eigenvalue weighted by Crippen LogP contribution is -2.26. The zero-order valence-corrected chi connectivity index (χ0v) is 28.8. The zero-order valence-electron chi connectivity index (χ0n) is 15.8. The van der Waals surface area contributed by atoms with E-state index in [4.69, 9.17) is 0 Å². The van der Waals surface area contributed by atoms with Gasteiger partial charge in [0.2, 0.25) is 0 Å². The van der Waals surface area contributed by atoms with E-state index in [0.29, 0.717) is 5.78 Å². The van der Waals surface area contributed by atoms with Crippen molar-refractivity contribution < 1.29 is 4.79 Å². The number of hydrogen-bond acceptors (Lipinski definition) is 1. The number of unbranched alkanes of at least 4 members (excludes halogenated alkanes) is 4. The molecule has 0 rings (SSSR count). The maximum atomic E-state index is 13.5. The third-order valence-corrected chi connectivity index (χ3v) is 7.91. The first kappa shape index (κ1) is 30.0. The molecule has 0 saturated heterocycles. The highest BCUT2D eigenvalue weighted by Crippen LogP contribution is 2.43. The van der Waals surface area contributed by atoms with Crippen molar-refractivity contribution in [2.24, 2.45) is 11.8 Å². The Morgan fingerprint density at radius 2 is 1.00 bits per heavy atom. The quantitative estimate of drug-likeness (QED) is 0.0856. The molecule has 2 unspecified atom stereocenters. The lowest BCUT2D eigenvalue weighted by molar-refractivity contribution is -0.127. The van der Waals surface area contributed by atoms with E-state index in [1.807, 2.05) is 0 Å². The van der Waals surface area contributed by atoms with Crippen LogP contribution >= 0.6 is 136 Å². The van der Waals surface area contributed by atoms with Crippen LogP contribution in [-0.4, -0.2) is 4.65 Å². The fraction of sp³-hybridized carbons (Fsp3) is 0.947. The van der Waals surface area contributed by atoms with Gasteiger partial charge < -0.3 is 0 Å². The summed E-state index contributed by atoms with van der Waals surface area (Å²) in [6.45, 7) is 4.49. The minimum absolute atomic E-state index is 0.232. The molecule has 0 saturated carbocycles. The van der Waals surface area contributed by atoms with E-state index in [1.165, 1.54) is 38.5 Å². The number of carbonyl (C=O) groups excluding carboxylic acids is 1. The second-order valence-electron chi connectivity index (χ2n) is 7.10. The number of ketones is 1. The van der Waals surface area contributed by atoms with Gasteiger partial charge in [-0.15, -0.1) is 0 Å². The van der Waals surface area contributed by atoms with Crippen molar-refractivity contribution in [2.45, 2.75) is 89.8 Å². The second-order valence-corrected chi connectivity index (χ2v) is 30.5. The lowest BCUT2D eigenvalue weighted by atomic mass is 9.81. The van der Waals surface area contributed by atoms with Gasteiger partial charge in [0.15, 0.2) is 0 Å². The van der Waals surface area contributed by atoms with Gasteiger partial charge in [0.25, 0.3) is 0 Å². The minimum Gasteiger partial charge on any atom is -0.299 e. The van der Waals surface area contributed by atoms with E-state index in [0.717, 1.165) is 38.5 Å². The van der Waals surface area contributed by atoms with Crippen LogP contribution in [0.2, 0.25) is 0 Å². The molecule has 0 heterocycles. The summed E-state index contributed by atoms with van der Waals surface area (Å²) in [6.07, 6.45) is 14.0. The van der Waals surface area contributed by atoms with Crippen molar-refractivity contribution in [3.8, 4) is 0 Å². The van der Waals surface area contributed by atoms with Crippen LogP contribution in [0, 0.1) is 11.8 Å². The van der Waals surface area contributed by atoms with Crippen LogP contribution in [0.25, 0.3) is 0 Å². The summed E-state index contributed by atoms with van der Waals surface area (Å²) in [5, 5.41) is 0. The fourth-order valence-electron chi connectivity index (χ4n) is 3.15. The van der Waals surface area contributed by atoms with Gasteiger partial charge in [-0.1, -0.05) is 188 Å². The van der Waals surface area contributed by atoms with Crippen molar-refractivity contribution in [1.82, 2.24) is 0 Å². The van der Waals surface area contributed by atoms with E-state index in [9.17, 15) is 4.79 Å². The van der Waals surface area contributed by atoms with Crippen LogP contribution in [0.3, 0.4) is 0 Å². The predicted molar refractivity (Wildman–Crippen MR) is 168 cm³/mol. The summed E-state index contributed by atoms with van der Waals surface area (Å²) in [7, 11) is 0. The summed E-state index contributed by atoms with van der Waals surface area (Å²) < 4.78 is 0.464. The van der Waals surface area contributed by atoms with E-state index < -0.39 is 0 Å². The minimum atomic E-state index is 0.232. The normalized spacial score (nSPS) is 15.1. The molecule has 0 aromatic heterocycles. The van der Waals surface area contributed by atoms with Crippen LogP contribution in [0.15, 0.2) is 0 Å². The molecule has 7 heteroatoms. The summed E-state index contributed by atoms with van der Waals surface area (Å²) in [6, 6.07) is 0. The Balaban J connectivity index is 5.00. The molecule has 0 bridgehead atoms. The standard InChI is InChI=1S/C19H32I6O/c1-3-5-7-9-15(11-13-18(20,21)22)17(26)16(10-8-6-4-2)12-14-19(23,24)25/h15-16H,3-14H2,1-2H3. The Morgan fingerprint density at radius 3 is 1.27 bits per heavy atom. The molecule has 0 aromatic carbocycles. The molecule has 2 atom stereocenters. The van der Waals surface area contributed by atoms with Crippen molar-refractivity contribution in [2.75, 3.05) is 0 Å². The van der Waals surface area contributed by atoms with Gasteiger partial charge in [0.05, 0.1) is 0 Å². The average Bonchev–Trinajstić information content (AvgIpc) is 2.51. The number of Topliss-reactive ketones (excluding diaryl/α,β-unsaturated/α-hetero) is 1. The maximum Gasteiger partial charge on any atom is 0.139 e. The van der Waals surface area contributed by atoms with Gasteiger partial charge >= 0.3 is 0 Å². The first-order valence-electron chi connectivity index (χ1n) is 9.67. The van der Waals surface area contributed by atoms with Gasteiger partial charge in [-0.2, -0.15) is 0 Å². The van der Waals surface area contributed by atoms with E-state index in [2.05, 4.69) is 149 Å². The molecule has 0 amide bonds. The van der Waals surface area contributed by atoms with Crippen LogP contribution in [0.4, 0.5) is 0 Å². The molecule has 0 radical (unpaired) electrons. The SMILES string of the molecule is CCCCCC(CCC(I)(I)I)C(=O)C(CCCCC)CCC(I)(I)I. The van der Waals surface area contributed by atoms with Gasteiger partial charge in [-0.3, -0.25) is 4.79 Å². The van der Waals surface area contributed by atoms with Crippen molar-refractivity contribution in [3.63, 3.8) is 0 Å². The summed E-state index contributed by atoms with van der Waals surface area (Å²) in [4.78, 5) is 13.5. The Kier molecular flexibility index (Phi) is 19.2. The molecule has 156 valence electrons. The van der Waals surface area contributed by atoms with Crippen LogP contribution in [-0.2, 0) is 4.79 Å². The van der Waals surface area contributed by atoms with E-state index >= 15 is 0 Å². The molecule has 0 fully saturated rings. The monoisotopic (exact) mass is 1040 g/mol. The van der Waals surface area contributed by atoms with Crippen molar-refractivity contribution in [3.05, 3.63) is 0 Å². The third kappa shape index (κ3) is 17.7. The first-order chi connectivity index (χ1) is 12.0. The van der Waals surface area contributed by atoms with Gasteiger partial charge in [0, 0.05) is 11.8 Å². The number of rotatable bonds is 16. The highest BCUT2D eigenvalue weighted by Gasteiger charge is 2.30. The summed E-state index contributed by atoms with van der Waals surface area (Å²) in [5.41, 5.74) is 0. The van der Waals surface area contributed by atoms with Gasteiger partial charge in [0.1, 0.15) is 4.65 Å². The predicted octanol–water partition coefficient (Wildman–Crippen LogP) is 10.4. The number of hydrogen-bond donors (Lipinski definition) is 0. The number of alkyl halides is 6. The van der Waals surface area contributed by atoms with Gasteiger partial charge in [-0.05, 0) is 38.5 Å². The number of halogens is 6. The van der Waals surface area contributed by atoms with Crippen LogP contribution in [0.1, 0.15) is 90.9 Å². The Labute approximate surface area is 243 Å². The Morgan fingerprint density at radius 1 is 0.654 bits per heavy atom. The molecule has 0 aliphatic carbocycles.